The van der Waals surface area contributed by atoms with Gasteiger partial charge in [0.2, 0.25) is 0 Å². The van der Waals surface area contributed by atoms with Crippen LogP contribution in [0, 0.1) is 0 Å². The van der Waals surface area contributed by atoms with Gasteiger partial charge in [0.15, 0.2) is 0 Å². The van der Waals surface area contributed by atoms with Gasteiger partial charge in [-0.15, -0.1) is 0 Å². The first-order valence-electron chi connectivity index (χ1n) is 8.28. The number of nitrogens with zero attached hydrogens (tertiary/aromatic N) is 1. The third-order valence-electron chi connectivity index (χ3n) is 4.31. The van der Waals surface area contributed by atoms with Gasteiger partial charge in [0.05, 0.1) is 23.4 Å². The SMILES string of the molecule is COc1ccc(Br)cc1C(=O)Nc1ccc(N2CCCCC2)c(Cl)c1. The first-order valence-corrected chi connectivity index (χ1v) is 9.45. The molecule has 0 spiro atoms. The standard InChI is InChI=1S/C19H20BrClN2O2/c1-25-18-8-5-13(20)11-15(18)19(24)22-14-6-7-17(16(21)12-14)23-9-3-2-4-10-23/h5-8,11-12H,2-4,9-10H2,1H3,(H,22,24). The van der Waals surface area contributed by atoms with Crippen LogP contribution in [0.1, 0.15) is 29.6 Å². The van der Waals surface area contributed by atoms with E-state index in [1.807, 2.05) is 18.2 Å². The Labute approximate surface area is 161 Å². The van der Waals surface area contributed by atoms with E-state index < -0.39 is 0 Å². The Hall–Kier alpha value is -1.72. The molecule has 0 aromatic heterocycles. The number of carbonyl (C=O) groups is 1. The average Bonchev–Trinajstić information content (AvgIpc) is 2.62. The Balaban J connectivity index is 1.78. The van der Waals surface area contributed by atoms with Crippen molar-refractivity contribution in [3.63, 3.8) is 0 Å². The van der Waals surface area contributed by atoms with Gasteiger partial charge in [-0.2, -0.15) is 0 Å². The number of amides is 1. The number of anilines is 2. The van der Waals surface area contributed by atoms with Crippen LogP contribution in [0.15, 0.2) is 40.9 Å². The average molecular weight is 424 g/mol. The molecule has 1 heterocycles. The molecule has 1 aliphatic rings. The Bertz CT molecular complexity index is 776. The number of hydrogen-bond donors (Lipinski definition) is 1. The molecule has 2 aromatic carbocycles. The summed E-state index contributed by atoms with van der Waals surface area (Å²) in [6.07, 6.45) is 3.66. The first-order chi connectivity index (χ1) is 12.1. The van der Waals surface area contributed by atoms with Gasteiger partial charge in [-0.1, -0.05) is 27.5 Å². The van der Waals surface area contributed by atoms with Crippen molar-refractivity contribution < 1.29 is 9.53 Å². The molecular formula is C19H20BrClN2O2. The monoisotopic (exact) mass is 422 g/mol. The van der Waals surface area contributed by atoms with Crippen molar-refractivity contribution in [2.45, 2.75) is 19.3 Å². The summed E-state index contributed by atoms with van der Waals surface area (Å²) < 4.78 is 6.08. The fourth-order valence-corrected chi connectivity index (χ4v) is 3.69. The van der Waals surface area contributed by atoms with E-state index in [9.17, 15) is 4.79 Å². The minimum absolute atomic E-state index is 0.236. The predicted molar refractivity (Wildman–Crippen MR) is 106 cm³/mol. The predicted octanol–water partition coefficient (Wildman–Crippen LogP) is 5.35. The third kappa shape index (κ3) is 4.28. The van der Waals surface area contributed by atoms with Gasteiger partial charge < -0.3 is 15.0 Å². The summed E-state index contributed by atoms with van der Waals surface area (Å²) in [5, 5.41) is 3.54. The lowest BCUT2D eigenvalue weighted by molar-refractivity contribution is 0.102. The maximum Gasteiger partial charge on any atom is 0.259 e. The van der Waals surface area contributed by atoms with Crippen LogP contribution in [-0.2, 0) is 0 Å². The van der Waals surface area contributed by atoms with E-state index in [2.05, 4.69) is 26.1 Å². The van der Waals surface area contributed by atoms with Crippen molar-refractivity contribution in [3.05, 3.63) is 51.5 Å². The minimum Gasteiger partial charge on any atom is -0.496 e. The summed E-state index contributed by atoms with van der Waals surface area (Å²) in [5.74, 6) is 0.289. The Morgan fingerprint density at radius 3 is 2.60 bits per heavy atom. The summed E-state index contributed by atoms with van der Waals surface area (Å²) in [6.45, 7) is 2.06. The first kappa shape index (κ1) is 18.1. The van der Waals surface area contributed by atoms with E-state index in [-0.39, 0.29) is 5.91 Å². The molecule has 1 saturated heterocycles. The van der Waals surface area contributed by atoms with Crippen LogP contribution in [0.2, 0.25) is 5.02 Å². The zero-order chi connectivity index (χ0) is 17.8. The fourth-order valence-electron chi connectivity index (χ4n) is 3.03. The Morgan fingerprint density at radius 1 is 1.16 bits per heavy atom. The molecule has 1 aliphatic heterocycles. The Morgan fingerprint density at radius 2 is 1.92 bits per heavy atom. The van der Waals surface area contributed by atoms with Gasteiger partial charge in [0.25, 0.3) is 5.91 Å². The highest BCUT2D eigenvalue weighted by molar-refractivity contribution is 9.10. The van der Waals surface area contributed by atoms with E-state index in [1.165, 1.54) is 19.3 Å². The lowest BCUT2D eigenvalue weighted by Gasteiger charge is -2.29. The summed E-state index contributed by atoms with van der Waals surface area (Å²) >= 11 is 9.83. The number of ether oxygens (including phenoxy) is 1. The van der Waals surface area contributed by atoms with Crippen LogP contribution in [0.3, 0.4) is 0 Å². The van der Waals surface area contributed by atoms with Crippen molar-refractivity contribution in [1.82, 2.24) is 0 Å². The van der Waals surface area contributed by atoms with Crippen molar-refractivity contribution >= 4 is 44.8 Å². The summed E-state index contributed by atoms with van der Waals surface area (Å²) in [4.78, 5) is 14.9. The second-order valence-corrected chi connectivity index (χ2v) is 7.34. The Kier molecular flexibility index (Phi) is 5.86. The van der Waals surface area contributed by atoms with E-state index in [1.54, 1.807) is 25.3 Å². The number of rotatable bonds is 4. The van der Waals surface area contributed by atoms with Gasteiger partial charge in [0.1, 0.15) is 5.75 Å². The van der Waals surface area contributed by atoms with E-state index in [4.69, 9.17) is 16.3 Å². The van der Waals surface area contributed by atoms with Crippen LogP contribution in [0.25, 0.3) is 0 Å². The lowest BCUT2D eigenvalue weighted by atomic mass is 10.1. The third-order valence-corrected chi connectivity index (χ3v) is 5.10. The lowest BCUT2D eigenvalue weighted by Crippen LogP contribution is -2.29. The molecule has 0 radical (unpaired) electrons. The molecule has 3 rings (SSSR count). The highest BCUT2D eigenvalue weighted by atomic mass is 79.9. The molecule has 0 atom stereocenters. The molecule has 0 bridgehead atoms. The van der Waals surface area contributed by atoms with Crippen LogP contribution in [-0.4, -0.2) is 26.1 Å². The van der Waals surface area contributed by atoms with Crippen molar-refractivity contribution in [2.24, 2.45) is 0 Å². The summed E-state index contributed by atoms with van der Waals surface area (Å²) in [5.41, 5.74) is 2.16. The molecular weight excluding hydrogens is 404 g/mol. The molecule has 4 nitrogen and oxygen atoms in total. The van der Waals surface area contributed by atoms with Crippen LogP contribution < -0.4 is 15.0 Å². The van der Waals surface area contributed by atoms with E-state index in [0.717, 1.165) is 23.2 Å². The molecule has 1 fully saturated rings. The molecule has 0 unspecified atom stereocenters. The van der Waals surface area contributed by atoms with Crippen LogP contribution in [0.5, 0.6) is 5.75 Å². The molecule has 2 aromatic rings. The maximum absolute atomic E-state index is 12.6. The summed E-state index contributed by atoms with van der Waals surface area (Å²) in [6, 6.07) is 11.0. The van der Waals surface area contributed by atoms with Crippen molar-refractivity contribution in [3.8, 4) is 5.75 Å². The molecule has 6 heteroatoms. The zero-order valence-electron chi connectivity index (χ0n) is 14.0. The molecule has 1 amide bonds. The number of halogens is 2. The number of piperidine rings is 1. The highest BCUT2D eigenvalue weighted by Crippen LogP contribution is 2.31. The van der Waals surface area contributed by atoms with Crippen LogP contribution >= 0.6 is 27.5 Å². The number of nitrogens with one attached hydrogen (secondary N) is 1. The number of hydrogen-bond acceptors (Lipinski definition) is 3. The van der Waals surface area contributed by atoms with Crippen LogP contribution in [0.4, 0.5) is 11.4 Å². The molecule has 1 N–H and O–H groups in total. The topological polar surface area (TPSA) is 41.6 Å². The number of benzene rings is 2. The van der Waals surface area contributed by atoms with Gasteiger partial charge in [-0.05, 0) is 55.7 Å². The highest BCUT2D eigenvalue weighted by Gasteiger charge is 2.16. The smallest absolute Gasteiger partial charge is 0.259 e. The van der Waals surface area contributed by atoms with Gasteiger partial charge >= 0.3 is 0 Å². The molecule has 0 aliphatic carbocycles. The quantitative estimate of drug-likeness (QED) is 0.720. The van der Waals surface area contributed by atoms with Gasteiger partial charge in [-0.25, -0.2) is 0 Å². The minimum atomic E-state index is -0.236. The van der Waals surface area contributed by atoms with Gasteiger partial charge in [-0.3, -0.25) is 4.79 Å². The van der Waals surface area contributed by atoms with E-state index in [0.29, 0.717) is 22.0 Å². The summed E-state index contributed by atoms with van der Waals surface area (Å²) in [7, 11) is 1.55. The fraction of sp³-hybridized carbons (Fsp3) is 0.316. The number of carbonyl (C=O) groups excluding carboxylic acids is 1. The number of methoxy groups -OCH3 is 1. The molecule has 132 valence electrons. The normalized spacial score (nSPS) is 14.3. The molecule has 0 saturated carbocycles. The maximum atomic E-state index is 12.6. The van der Waals surface area contributed by atoms with Crippen molar-refractivity contribution in [1.29, 1.82) is 0 Å². The largest absolute Gasteiger partial charge is 0.496 e. The second kappa shape index (κ2) is 8.11. The van der Waals surface area contributed by atoms with Gasteiger partial charge in [0, 0.05) is 23.2 Å². The zero-order valence-corrected chi connectivity index (χ0v) is 16.4. The van der Waals surface area contributed by atoms with E-state index >= 15 is 0 Å². The second-order valence-electron chi connectivity index (χ2n) is 6.01. The molecule has 25 heavy (non-hydrogen) atoms. The van der Waals surface area contributed by atoms with Crippen molar-refractivity contribution in [2.75, 3.05) is 30.4 Å².